The number of aryl methyl sites for hydroxylation is 1. The van der Waals surface area contributed by atoms with E-state index >= 15 is 0 Å². The lowest BCUT2D eigenvalue weighted by Crippen LogP contribution is -1.82. The third-order valence-electron chi connectivity index (χ3n) is 1.58. The highest BCUT2D eigenvalue weighted by Crippen LogP contribution is 2.22. The number of aromatic hydroxyl groups is 2. The molecule has 0 aliphatic carbocycles. The van der Waals surface area contributed by atoms with Gasteiger partial charge in [0.05, 0.1) is 0 Å². The molecule has 0 fully saturated rings. The van der Waals surface area contributed by atoms with Crippen LogP contribution >= 0.6 is 37.2 Å². The van der Waals surface area contributed by atoms with Gasteiger partial charge in [0.25, 0.3) is 0 Å². The van der Waals surface area contributed by atoms with Gasteiger partial charge in [-0.15, -0.1) is 0 Å². The maximum Gasteiger partial charge on any atom is 0.119 e. The van der Waals surface area contributed by atoms with Crippen molar-refractivity contribution in [2.45, 2.75) is 33.6 Å². The van der Waals surface area contributed by atoms with Crippen LogP contribution in [0.4, 0.5) is 0 Å². The first-order valence-corrected chi connectivity index (χ1v) is 11.2. The zero-order valence-electron chi connectivity index (χ0n) is 9.30. The van der Waals surface area contributed by atoms with Crippen LogP contribution in [0.5, 0.6) is 11.5 Å². The Bertz CT molecular complexity index is 252. The molecule has 2 nitrogen and oxygen atoms in total. The van der Waals surface area contributed by atoms with Crippen LogP contribution in [0, 0.1) is 0 Å². The molecular formula is C11H18I2O2. The van der Waals surface area contributed by atoms with Gasteiger partial charge in [0.1, 0.15) is 11.5 Å². The predicted octanol–water partition coefficient (Wildman–Crippen LogP) is 4.85. The van der Waals surface area contributed by atoms with Crippen molar-refractivity contribution in [1.29, 1.82) is 0 Å². The largest absolute Gasteiger partial charge is 0.508 e. The molecule has 4 heteroatoms. The Kier molecular flexibility index (Phi) is 14.5. The van der Waals surface area contributed by atoms with Crippen molar-refractivity contribution >= 4 is 37.2 Å². The van der Waals surface area contributed by atoms with Gasteiger partial charge in [0, 0.05) is 37.2 Å². The predicted molar refractivity (Wildman–Crippen MR) is 83.2 cm³/mol. The van der Waals surface area contributed by atoms with Gasteiger partial charge in [-0.2, -0.15) is 0 Å². The summed E-state index contributed by atoms with van der Waals surface area (Å²) in [6.45, 7) is 6.03. The Balaban J connectivity index is 0. The van der Waals surface area contributed by atoms with Gasteiger partial charge >= 0.3 is 0 Å². The Morgan fingerprint density at radius 2 is 1.67 bits per heavy atom. The Hall–Kier alpha value is 0.280. The van der Waals surface area contributed by atoms with E-state index in [1.165, 1.54) is 12.1 Å². The van der Waals surface area contributed by atoms with Crippen LogP contribution < -0.4 is 0 Å². The molecule has 0 atom stereocenters. The number of hydrogen-bond donors (Lipinski definition) is 2. The van der Waals surface area contributed by atoms with Gasteiger partial charge in [-0.25, -0.2) is 0 Å². The van der Waals surface area contributed by atoms with E-state index in [4.69, 9.17) is 5.11 Å². The smallest absolute Gasteiger partial charge is 0.119 e. The molecule has 1 aromatic rings. The molecule has 15 heavy (non-hydrogen) atoms. The molecule has 1 rings (SSSR count). The standard InChI is InChI=1S/C9H12O2.C2H6.I2/c1-2-3-7-6-8(10)4-5-9(7)11;2*1-2/h4-6,10-11H,2-3H2,1H3;1-2H3;. The first kappa shape index (κ1) is 17.7. The number of rotatable bonds is 2. The van der Waals surface area contributed by atoms with Crippen molar-refractivity contribution in [3.05, 3.63) is 23.8 Å². The number of benzene rings is 1. The van der Waals surface area contributed by atoms with E-state index in [1.807, 2.05) is 20.8 Å². The summed E-state index contributed by atoms with van der Waals surface area (Å²) < 4.78 is 0. The molecule has 0 saturated carbocycles. The van der Waals surface area contributed by atoms with E-state index in [2.05, 4.69) is 37.2 Å². The molecular weight excluding hydrogens is 418 g/mol. The van der Waals surface area contributed by atoms with Crippen LogP contribution in [-0.2, 0) is 6.42 Å². The Morgan fingerprint density at radius 1 is 1.13 bits per heavy atom. The molecule has 0 heterocycles. The van der Waals surface area contributed by atoms with Gasteiger partial charge in [-0.05, 0) is 30.2 Å². The molecule has 1 aromatic carbocycles. The maximum atomic E-state index is 9.25. The van der Waals surface area contributed by atoms with Crippen molar-refractivity contribution < 1.29 is 10.2 Å². The summed E-state index contributed by atoms with van der Waals surface area (Å²) in [5.41, 5.74) is 0.813. The maximum absolute atomic E-state index is 9.25. The lowest BCUT2D eigenvalue weighted by molar-refractivity contribution is 0.453. The first-order chi connectivity index (χ1) is 7.24. The van der Waals surface area contributed by atoms with Crippen LogP contribution in [0.2, 0.25) is 0 Å². The number of phenols is 2. The van der Waals surface area contributed by atoms with E-state index < -0.39 is 0 Å². The second-order valence-electron chi connectivity index (χ2n) is 2.56. The van der Waals surface area contributed by atoms with Gasteiger partial charge in [0.2, 0.25) is 0 Å². The second-order valence-corrected chi connectivity index (χ2v) is 2.56. The van der Waals surface area contributed by atoms with Crippen LogP contribution in [0.25, 0.3) is 0 Å². The fourth-order valence-corrected chi connectivity index (χ4v) is 1.04. The van der Waals surface area contributed by atoms with E-state index in [0.29, 0.717) is 0 Å². The van der Waals surface area contributed by atoms with Gasteiger partial charge in [0.15, 0.2) is 0 Å². The summed E-state index contributed by atoms with van der Waals surface area (Å²) in [7, 11) is 0. The van der Waals surface area contributed by atoms with Crippen LogP contribution in [0.15, 0.2) is 18.2 Å². The lowest BCUT2D eigenvalue weighted by Gasteiger charge is -2.02. The first-order valence-electron chi connectivity index (χ1n) is 4.89. The molecule has 0 amide bonds. The third kappa shape index (κ3) is 8.12. The summed E-state index contributed by atoms with van der Waals surface area (Å²) in [6, 6.07) is 4.59. The highest BCUT2D eigenvalue weighted by molar-refractivity contribution is 15.0. The second kappa shape index (κ2) is 12.4. The SMILES string of the molecule is CC.CCCc1cc(O)ccc1O.II. The summed E-state index contributed by atoms with van der Waals surface area (Å²) in [6.07, 6.45) is 1.78. The molecule has 0 spiro atoms. The van der Waals surface area contributed by atoms with Crippen LogP contribution in [0.1, 0.15) is 32.8 Å². The fourth-order valence-electron chi connectivity index (χ4n) is 1.04. The quantitative estimate of drug-likeness (QED) is 0.515. The topological polar surface area (TPSA) is 40.5 Å². The number of hydrogen-bond acceptors (Lipinski definition) is 2. The van der Waals surface area contributed by atoms with Crippen molar-refractivity contribution in [2.75, 3.05) is 0 Å². The summed E-state index contributed by atoms with van der Waals surface area (Å²) >= 11 is 4.24. The number of phenolic OH excluding ortho intramolecular Hbond substituents is 2. The minimum atomic E-state index is 0.214. The van der Waals surface area contributed by atoms with Gasteiger partial charge in [-0.1, -0.05) is 27.2 Å². The minimum Gasteiger partial charge on any atom is -0.508 e. The molecule has 0 radical (unpaired) electrons. The molecule has 0 aliphatic rings. The van der Waals surface area contributed by atoms with Gasteiger partial charge in [-0.3, -0.25) is 0 Å². The van der Waals surface area contributed by atoms with Crippen molar-refractivity contribution in [2.24, 2.45) is 0 Å². The van der Waals surface area contributed by atoms with E-state index in [9.17, 15) is 5.11 Å². The van der Waals surface area contributed by atoms with Crippen molar-refractivity contribution in [3.8, 4) is 11.5 Å². The fraction of sp³-hybridized carbons (Fsp3) is 0.455. The highest BCUT2D eigenvalue weighted by Gasteiger charge is 1.99. The summed E-state index contributed by atoms with van der Waals surface area (Å²) in [5.74, 6) is 0.482. The summed E-state index contributed by atoms with van der Waals surface area (Å²) in [4.78, 5) is 0. The van der Waals surface area contributed by atoms with Crippen molar-refractivity contribution in [3.63, 3.8) is 0 Å². The molecule has 2 N–H and O–H groups in total. The normalized spacial score (nSPS) is 8.07. The molecule has 0 aromatic heterocycles. The number of halogens is 2. The average molecular weight is 436 g/mol. The van der Waals surface area contributed by atoms with E-state index in [0.717, 1.165) is 18.4 Å². The molecule has 88 valence electrons. The highest BCUT2D eigenvalue weighted by atomic mass is 128. The zero-order chi connectivity index (χ0) is 12.3. The Morgan fingerprint density at radius 3 is 2.13 bits per heavy atom. The van der Waals surface area contributed by atoms with E-state index in [1.54, 1.807) is 6.07 Å². The summed E-state index contributed by atoms with van der Waals surface area (Å²) in [5, 5.41) is 18.3. The third-order valence-corrected chi connectivity index (χ3v) is 1.58. The van der Waals surface area contributed by atoms with E-state index in [-0.39, 0.29) is 11.5 Å². The molecule has 0 unspecified atom stereocenters. The minimum absolute atomic E-state index is 0.214. The van der Waals surface area contributed by atoms with Gasteiger partial charge < -0.3 is 10.2 Å². The molecule has 0 aliphatic heterocycles. The molecule has 0 bridgehead atoms. The van der Waals surface area contributed by atoms with Crippen molar-refractivity contribution in [1.82, 2.24) is 0 Å². The van der Waals surface area contributed by atoms with Crippen LogP contribution in [-0.4, -0.2) is 10.2 Å². The monoisotopic (exact) mass is 436 g/mol. The average Bonchev–Trinajstić information content (AvgIpc) is 2.29. The zero-order valence-corrected chi connectivity index (χ0v) is 13.6. The lowest BCUT2D eigenvalue weighted by atomic mass is 10.1. The van der Waals surface area contributed by atoms with Crippen LogP contribution in [0.3, 0.4) is 0 Å². The molecule has 0 saturated heterocycles. The Labute approximate surface area is 115 Å².